The van der Waals surface area contributed by atoms with E-state index in [1.165, 1.54) is 71.1 Å². The number of aliphatic hydroxyl groups is 1. The van der Waals surface area contributed by atoms with Crippen molar-refractivity contribution in [3.63, 3.8) is 0 Å². The minimum absolute atomic E-state index is 0.204. The van der Waals surface area contributed by atoms with Crippen LogP contribution >= 0.6 is 0 Å². The van der Waals surface area contributed by atoms with Gasteiger partial charge >= 0.3 is 11.9 Å². The molecular weight excluding hydrogens is 386 g/mol. The third kappa shape index (κ3) is 21.1. The number of hydrogen-bond donors (Lipinski definition) is 2. The Morgan fingerprint density at radius 2 is 1.17 bits per heavy atom. The average molecular weight is 430 g/mol. The fourth-order valence-electron chi connectivity index (χ4n) is 3.03. The molecule has 30 heavy (non-hydrogen) atoms. The monoisotopic (exact) mass is 429 g/mol. The van der Waals surface area contributed by atoms with Crippen molar-refractivity contribution in [3.8, 4) is 0 Å². The van der Waals surface area contributed by atoms with Crippen molar-refractivity contribution in [2.45, 2.75) is 110 Å². The number of ether oxygens (including phenoxy) is 2. The number of amides is 1. The highest BCUT2D eigenvalue weighted by molar-refractivity contribution is 5.80. The lowest BCUT2D eigenvalue weighted by Crippen LogP contribution is -2.31. The van der Waals surface area contributed by atoms with Crippen molar-refractivity contribution in [3.05, 3.63) is 0 Å². The molecule has 0 bridgehead atoms. The number of esters is 2. The number of carbonyl (C=O) groups excluding carboxylic acids is 3. The van der Waals surface area contributed by atoms with Crippen molar-refractivity contribution in [1.29, 1.82) is 0 Å². The zero-order valence-corrected chi connectivity index (χ0v) is 19.1. The molecule has 0 saturated heterocycles. The maximum atomic E-state index is 11.7. The predicted octanol–water partition coefficient (Wildman–Crippen LogP) is 4.05. The Kier molecular flexibility index (Phi) is 19.5. The van der Waals surface area contributed by atoms with Crippen LogP contribution in [0, 0.1) is 0 Å². The topological polar surface area (TPSA) is 102 Å². The average Bonchev–Trinajstić information content (AvgIpc) is 2.72. The van der Waals surface area contributed by atoms with Gasteiger partial charge in [0.15, 0.2) is 0 Å². The second-order valence-corrected chi connectivity index (χ2v) is 7.92. The summed E-state index contributed by atoms with van der Waals surface area (Å²) in [6.45, 7) is 2.81. The summed E-state index contributed by atoms with van der Waals surface area (Å²) < 4.78 is 9.77. The number of nitrogens with one attached hydrogen (secondary N) is 1. The van der Waals surface area contributed by atoms with Gasteiger partial charge in [-0.25, -0.2) is 0 Å². The highest BCUT2D eigenvalue weighted by Gasteiger charge is 2.12. The first kappa shape index (κ1) is 28.4. The fourth-order valence-corrected chi connectivity index (χ4v) is 3.03. The lowest BCUT2D eigenvalue weighted by Gasteiger charge is -2.12. The lowest BCUT2D eigenvalue weighted by molar-refractivity contribution is -0.152. The summed E-state index contributed by atoms with van der Waals surface area (Å²) in [5.41, 5.74) is 0. The van der Waals surface area contributed by atoms with E-state index in [4.69, 9.17) is 9.47 Å². The summed E-state index contributed by atoms with van der Waals surface area (Å²) in [6.07, 6.45) is 15.5. The quantitative estimate of drug-likeness (QED) is 0.224. The maximum Gasteiger partial charge on any atom is 0.325 e. The van der Waals surface area contributed by atoms with E-state index in [0.29, 0.717) is 6.42 Å². The van der Waals surface area contributed by atoms with E-state index < -0.39 is 12.1 Å². The normalized spacial score (nSPS) is 11.7. The van der Waals surface area contributed by atoms with Gasteiger partial charge in [-0.15, -0.1) is 0 Å². The first-order valence-electron chi connectivity index (χ1n) is 11.7. The highest BCUT2D eigenvalue weighted by Crippen LogP contribution is 2.13. The molecule has 1 atom stereocenters. The van der Waals surface area contributed by atoms with Gasteiger partial charge in [-0.3, -0.25) is 14.4 Å². The van der Waals surface area contributed by atoms with E-state index in [1.54, 1.807) is 0 Å². The van der Waals surface area contributed by atoms with Gasteiger partial charge in [0, 0.05) is 13.3 Å². The van der Waals surface area contributed by atoms with Crippen LogP contribution in [0.1, 0.15) is 104 Å². The van der Waals surface area contributed by atoms with E-state index in [0.717, 1.165) is 19.3 Å². The molecule has 1 unspecified atom stereocenters. The molecule has 7 heteroatoms. The van der Waals surface area contributed by atoms with Crippen molar-refractivity contribution in [1.82, 2.24) is 5.32 Å². The summed E-state index contributed by atoms with van der Waals surface area (Å²) in [4.78, 5) is 33.6. The predicted molar refractivity (Wildman–Crippen MR) is 117 cm³/mol. The summed E-state index contributed by atoms with van der Waals surface area (Å²) >= 11 is 0. The number of aliphatic hydroxyl groups excluding tert-OH is 1. The summed E-state index contributed by atoms with van der Waals surface area (Å²) in [5.74, 6) is -1.33. The maximum absolute atomic E-state index is 11.7. The van der Waals surface area contributed by atoms with Gasteiger partial charge in [0.2, 0.25) is 5.91 Å². The smallest absolute Gasteiger partial charge is 0.325 e. The Hall–Kier alpha value is -1.63. The molecule has 0 saturated carbocycles. The second-order valence-electron chi connectivity index (χ2n) is 7.92. The van der Waals surface area contributed by atoms with Crippen LogP contribution in [0.4, 0.5) is 0 Å². The Labute approximate surface area is 182 Å². The summed E-state index contributed by atoms with van der Waals surface area (Å²) in [6, 6.07) is 0. The number of unbranched alkanes of at least 4 members (excludes halogenated alkanes) is 12. The Morgan fingerprint density at radius 3 is 1.63 bits per heavy atom. The molecule has 0 spiro atoms. The van der Waals surface area contributed by atoms with Gasteiger partial charge in [-0.05, 0) is 6.42 Å². The molecule has 0 aromatic rings. The minimum Gasteiger partial charge on any atom is -0.463 e. The minimum atomic E-state index is -1.07. The van der Waals surface area contributed by atoms with E-state index in [-0.39, 0.29) is 31.6 Å². The van der Waals surface area contributed by atoms with Crippen molar-refractivity contribution in [2.75, 3.05) is 19.8 Å². The van der Waals surface area contributed by atoms with Crippen LogP contribution in [-0.4, -0.2) is 48.8 Å². The fraction of sp³-hybridized carbons (Fsp3) is 0.870. The molecule has 176 valence electrons. The molecule has 0 fully saturated rings. The summed E-state index contributed by atoms with van der Waals surface area (Å²) in [7, 11) is 0. The molecule has 0 heterocycles. The third-order valence-corrected chi connectivity index (χ3v) is 4.84. The molecule has 0 rings (SSSR count). The van der Waals surface area contributed by atoms with Gasteiger partial charge in [0.25, 0.3) is 0 Å². The SMILES string of the molecule is CCCCCCCCCCCCCCCC(=O)OCC(O)COC(=O)CNC(C)=O. The van der Waals surface area contributed by atoms with Crippen molar-refractivity contribution in [2.24, 2.45) is 0 Å². The number of hydrogen-bond acceptors (Lipinski definition) is 6. The Bertz CT molecular complexity index is 455. The molecule has 0 aliphatic rings. The molecule has 2 N–H and O–H groups in total. The van der Waals surface area contributed by atoms with Gasteiger partial charge in [-0.1, -0.05) is 84.0 Å². The van der Waals surface area contributed by atoms with Crippen molar-refractivity contribution >= 4 is 17.8 Å². The molecule has 0 aliphatic carbocycles. The van der Waals surface area contributed by atoms with Crippen LogP contribution in [0.5, 0.6) is 0 Å². The van der Waals surface area contributed by atoms with Crippen LogP contribution in [-0.2, 0) is 23.9 Å². The van der Waals surface area contributed by atoms with Gasteiger partial charge in [-0.2, -0.15) is 0 Å². The van der Waals surface area contributed by atoms with Crippen LogP contribution in [0.25, 0.3) is 0 Å². The van der Waals surface area contributed by atoms with Gasteiger partial charge in [0.1, 0.15) is 25.9 Å². The third-order valence-electron chi connectivity index (χ3n) is 4.84. The number of carbonyl (C=O) groups is 3. The first-order valence-corrected chi connectivity index (χ1v) is 11.7. The van der Waals surface area contributed by atoms with Gasteiger partial charge in [0.05, 0.1) is 0 Å². The van der Waals surface area contributed by atoms with E-state index in [2.05, 4.69) is 12.2 Å². The molecule has 7 nitrogen and oxygen atoms in total. The zero-order chi connectivity index (χ0) is 22.5. The lowest BCUT2D eigenvalue weighted by atomic mass is 10.0. The Morgan fingerprint density at radius 1 is 0.733 bits per heavy atom. The van der Waals surface area contributed by atoms with Crippen LogP contribution in [0.15, 0.2) is 0 Å². The highest BCUT2D eigenvalue weighted by atomic mass is 16.6. The number of rotatable bonds is 20. The molecule has 0 aromatic heterocycles. The second kappa shape index (κ2) is 20.6. The van der Waals surface area contributed by atoms with E-state index in [1.807, 2.05) is 0 Å². The van der Waals surface area contributed by atoms with Gasteiger partial charge < -0.3 is 19.9 Å². The van der Waals surface area contributed by atoms with Crippen LogP contribution in [0.3, 0.4) is 0 Å². The molecule has 0 radical (unpaired) electrons. The van der Waals surface area contributed by atoms with Crippen LogP contribution < -0.4 is 5.32 Å². The zero-order valence-electron chi connectivity index (χ0n) is 19.1. The van der Waals surface area contributed by atoms with E-state index >= 15 is 0 Å². The molecule has 1 amide bonds. The van der Waals surface area contributed by atoms with Crippen molar-refractivity contribution < 1.29 is 29.0 Å². The Balaban J connectivity index is 3.41. The summed E-state index contributed by atoms with van der Waals surface area (Å²) in [5, 5.41) is 12.0. The standard InChI is InChI=1S/C23H43NO6/c1-3-4-5-6-7-8-9-10-11-12-13-14-15-16-22(27)29-18-21(26)19-30-23(28)17-24-20(2)25/h21,26H,3-19H2,1-2H3,(H,24,25). The molecule has 0 aliphatic heterocycles. The largest absolute Gasteiger partial charge is 0.463 e. The molecule has 0 aromatic carbocycles. The first-order chi connectivity index (χ1) is 14.5. The van der Waals surface area contributed by atoms with Crippen LogP contribution in [0.2, 0.25) is 0 Å². The molecular formula is C23H43NO6. The van der Waals surface area contributed by atoms with E-state index in [9.17, 15) is 19.5 Å².